The highest BCUT2D eigenvalue weighted by atomic mass is 79.9. The number of hydrogen-bond acceptors (Lipinski definition) is 3. The van der Waals surface area contributed by atoms with E-state index < -0.39 is 6.10 Å². The molecule has 1 atom stereocenters. The molecule has 0 aliphatic rings. The van der Waals surface area contributed by atoms with Gasteiger partial charge in [-0.15, -0.1) is 0 Å². The van der Waals surface area contributed by atoms with E-state index in [0.29, 0.717) is 12.4 Å². The Morgan fingerprint density at radius 1 is 1.40 bits per heavy atom. The van der Waals surface area contributed by atoms with Gasteiger partial charge in [0, 0.05) is 12.6 Å². The summed E-state index contributed by atoms with van der Waals surface area (Å²) in [6.07, 6.45) is -0.553. The Labute approximate surface area is 127 Å². The van der Waals surface area contributed by atoms with Gasteiger partial charge in [-0.05, 0) is 48.3 Å². The van der Waals surface area contributed by atoms with Gasteiger partial charge in [0.05, 0.1) is 22.0 Å². The first-order chi connectivity index (χ1) is 9.40. The van der Waals surface area contributed by atoms with E-state index in [9.17, 15) is 5.11 Å². The van der Waals surface area contributed by atoms with Gasteiger partial charge in [-0.2, -0.15) is 5.10 Å². The topological polar surface area (TPSA) is 47.3 Å². The highest BCUT2D eigenvalue weighted by Crippen LogP contribution is 2.28. The van der Waals surface area contributed by atoms with Crippen LogP contribution in [-0.2, 0) is 13.7 Å². The van der Waals surface area contributed by atoms with Gasteiger partial charge >= 0.3 is 0 Å². The molecule has 1 aromatic carbocycles. The molecule has 0 radical (unpaired) electrons. The van der Waals surface area contributed by atoms with Crippen LogP contribution in [0.4, 0.5) is 0 Å². The average Bonchev–Trinajstić information content (AvgIpc) is 2.61. The van der Waals surface area contributed by atoms with E-state index >= 15 is 0 Å². The van der Waals surface area contributed by atoms with Crippen molar-refractivity contribution in [1.82, 2.24) is 9.78 Å². The maximum atomic E-state index is 9.80. The number of aliphatic hydroxyl groups excluding tert-OH is 1. The molecule has 0 fully saturated rings. The minimum absolute atomic E-state index is 0.404. The third-order valence-electron chi connectivity index (χ3n) is 3.25. The second kappa shape index (κ2) is 5.97. The monoisotopic (exact) mass is 338 g/mol. The van der Waals surface area contributed by atoms with Gasteiger partial charge in [-0.3, -0.25) is 4.68 Å². The largest absolute Gasteiger partial charge is 0.487 e. The van der Waals surface area contributed by atoms with Gasteiger partial charge in [-0.1, -0.05) is 12.1 Å². The van der Waals surface area contributed by atoms with E-state index in [1.54, 1.807) is 11.6 Å². The van der Waals surface area contributed by atoms with Crippen molar-refractivity contribution in [3.63, 3.8) is 0 Å². The van der Waals surface area contributed by atoms with Crippen molar-refractivity contribution < 1.29 is 9.84 Å². The van der Waals surface area contributed by atoms with Gasteiger partial charge in [0.15, 0.2) is 0 Å². The lowest BCUT2D eigenvalue weighted by Gasteiger charge is -2.14. The number of hydrogen-bond donors (Lipinski definition) is 1. The summed E-state index contributed by atoms with van der Waals surface area (Å²) < 4.78 is 8.66. The zero-order valence-electron chi connectivity index (χ0n) is 12.1. The average molecular weight is 339 g/mol. The predicted molar refractivity (Wildman–Crippen MR) is 81.8 cm³/mol. The van der Waals surface area contributed by atoms with Gasteiger partial charge in [-0.25, -0.2) is 0 Å². The quantitative estimate of drug-likeness (QED) is 0.928. The van der Waals surface area contributed by atoms with E-state index in [-0.39, 0.29) is 0 Å². The molecule has 0 amide bonds. The fourth-order valence-corrected chi connectivity index (χ4v) is 2.55. The van der Waals surface area contributed by atoms with Gasteiger partial charge in [0.2, 0.25) is 0 Å². The lowest BCUT2D eigenvalue weighted by molar-refractivity contribution is 0.189. The van der Waals surface area contributed by atoms with Crippen molar-refractivity contribution >= 4 is 15.9 Å². The molecular formula is C15H19BrN2O2. The Morgan fingerprint density at radius 3 is 2.65 bits per heavy atom. The number of aromatic nitrogens is 2. The van der Waals surface area contributed by atoms with Crippen LogP contribution in [0.1, 0.15) is 35.5 Å². The number of aryl methyl sites for hydroxylation is 3. The summed E-state index contributed by atoms with van der Waals surface area (Å²) in [4.78, 5) is 0. The fourth-order valence-electron chi connectivity index (χ4n) is 2.09. The molecular weight excluding hydrogens is 320 g/mol. The number of benzene rings is 1. The van der Waals surface area contributed by atoms with Crippen molar-refractivity contribution in [2.24, 2.45) is 7.05 Å². The molecule has 2 aromatic rings. The van der Waals surface area contributed by atoms with Crippen molar-refractivity contribution in [3.8, 4) is 5.75 Å². The lowest BCUT2D eigenvalue weighted by Crippen LogP contribution is -2.06. The van der Waals surface area contributed by atoms with Crippen LogP contribution in [-0.4, -0.2) is 14.9 Å². The van der Waals surface area contributed by atoms with Crippen LogP contribution in [0.25, 0.3) is 0 Å². The third kappa shape index (κ3) is 3.04. The zero-order chi connectivity index (χ0) is 14.9. The van der Waals surface area contributed by atoms with Crippen molar-refractivity contribution in [2.75, 3.05) is 0 Å². The van der Waals surface area contributed by atoms with Crippen molar-refractivity contribution in [3.05, 3.63) is 45.2 Å². The lowest BCUT2D eigenvalue weighted by atomic mass is 10.1. The Bertz CT molecular complexity index is 621. The van der Waals surface area contributed by atoms with Gasteiger partial charge in [0.1, 0.15) is 12.4 Å². The minimum Gasteiger partial charge on any atom is -0.487 e. The minimum atomic E-state index is -0.553. The van der Waals surface area contributed by atoms with E-state index in [1.807, 2.05) is 39.1 Å². The molecule has 0 aliphatic heterocycles. The Hall–Kier alpha value is -1.33. The Morgan fingerprint density at radius 2 is 2.10 bits per heavy atom. The first-order valence-corrected chi connectivity index (χ1v) is 7.29. The highest BCUT2D eigenvalue weighted by Gasteiger charge is 2.14. The maximum Gasteiger partial charge on any atom is 0.131 e. The first kappa shape index (κ1) is 15.1. The second-order valence-electron chi connectivity index (χ2n) is 4.98. The first-order valence-electron chi connectivity index (χ1n) is 6.49. The number of nitrogens with zero attached hydrogens (tertiary/aromatic N) is 2. The molecule has 1 aromatic heterocycles. The molecule has 108 valence electrons. The summed E-state index contributed by atoms with van der Waals surface area (Å²) in [5.74, 6) is 0.714. The molecule has 1 unspecified atom stereocenters. The summed E-state index contributed by atoms with van der Waals surface area (Å²) in [5.41, 5.74) is 3.81. The summed E-state index contributed by atoms with van der Waals surface area (Å²) in [5, 5.41) is 14.1. The van der Waals surface area contributed by atoms with Gasteiger partial charge < -0.3 is 9.84 Å². The van der Waals surface area contributed by atoms with E-state index in [0.717, 1.165) is 27.0 Å². The van der Waals surface area contributed by atoms with Crippen LogP contribution in [0, 0.1) is 13.8 Å². The summed E-state index contributed by atoms with van der Waals surface area (Å²) in [7, 11) is 1.89. The Kier molecular flexibility index (Phi) is 4.50. The molecule has 0 saturated carbocycles. The molecule has 0 spiro atoms. The molecule has 0 aliphatic carbocycles. The van der Waals surface area contributed by atoms with Crippen LogP contribution >= 0.6 is 15.9 Å². The SMILES string of the molecule is Cc1ccc(C(C)O)c(OCc2c(Br)c(C)nn2C)c1. The van der Waals surface area contributed by atoms with E-state index in [4.69, 9.17) is 4.74 Å². The van der Waals surface area contributed by atoms with Crippen LogP contribution < -0.4 is 4.74 Å². The molecule has 20 heavy (non-hydrogen) atoms. The highest BCUT2D eigenvalue weighted by molar-refractivity contribution is 9.10. The fraction of sp³-hybridized carbons (Fsp3) is 0.400. The summed E-state index contributed by atoms with van der Waals surface area (Å²) >= 11 is 3.52. The number of rotatable bonds is 4. The molecule has 0 bridgehead atoms. The van der Waals surface area contributed by atoms with Crippen LogP contribution in [0.3, 0.4) is 0 Å². The maximum absolute atomic E-state index is 9.80. The molecule has 0 saturated heterocycles. The summed E-state index contributed by atoms with van der Waals surface area (Å²) in [6, 6.07) is 5.82. The van der Waals surface area contributed by atoms with Crippen LogP contribution in [0.5, 0.6) is 5.75 Å². The zero-order valence-corrected chi connectivity index (χ0v) is 13.7. The van der Waals surface area contributed by atoms with Crippen LogP contribution in [0.15, 0.2) is 22.7 Å². The molecule has 4 nitrogen and oxygen atoms in total. The van der Waals surface area contributed by atoms with E-state index in [2.05, 4.69) is 21.0 Å². The normalized spacial score (nSPS) is 12.5. The van der Waals surface area contributed by atoms with Crippen molar-refractivity contribution in [1.29, 1.82) is 0 Å². The Balaban J connectivity index is 2.24. The third-order valence-corrected chi connectivity index (χ3v) is 4.28. The standard InChI is InChI=1S/C15H19BrN2O2/c1-9-5-6-12(11(3)19)14(7-9)20-8-13-15(16)10(2)17-18(13)4/h5-7,11,19H,8H2,1-4H3. The van der Waals surface area contributed by atoms with E-state index in [1.165, 1.54) is 0 Å². The molecule has 5 heteroatoms. The van der Waals surface area contributed by atoms with Gasteiger partial charge in [0.25, 0.3) is 0 Å². The molecule has 1 heterocycles. The number of ether oxygens (including phenoxy) is 1. The molecule has 2 rings (SSSR count). The van der Waals surface area contributed by atoms with Crippen LogP contribution in [0.2, 0.25) is 0 Å². The summed E-state index contributed by atoms with van der Waals surface area (Å²) in [6.45, 7) is 6.09. The number of halogens is 1. The smallest absolute Gasteiger partial charge is 0.131 e. The van der Waals surface area contributed by atoms with Crippen molar-refractivity contribution in [2.45, 2.75) is 33.5 Å². The predicted octanol–water partition coefficient (Wildman–Crippen LogP) is 3.43. The number of aliphatic hydroxyl groups is 1. The molecule has 1 N–H and O–H groups in total. The second-order valence-corrected chi connectivity index (χ2v) is 5.77.